The summed E-state index contributed by atoms with van der Waals surface area (Å²) < 4.78 is 8.34. The van der Waals surface area contributed by atoms with Crippen molar-refractivity contribution >= 4 is 21.8 Å². The van der Waals surface area contributed by atoms with E-state index < -0.39 is 0 Å². The standard InChI is InChI=1S/C31H23N3O2/c35-30-24-8-4-10-29(30)36-23-15-16-26-25-7-1-2-9-27(25)34(28(26)19-23)31-32-18-17-22(33-31)6-3-5-20-11-13-21(24)14-12-20/h1-2,4,7-19,35H,3,5-6H2. The second kappa shape index (κ2) is 8.24. The minimum absolute atomic E-state index is 0.128. The second-order valence-corrected chi connectivity index (χ2v) is 9.18. The van der Waals surface area contributed by atoms with Gasteiger partial charge in [-0.1, -0.05) is 54.6 Å². The highest BCUT2D eigenvalue weighted by molar-refractivity contribution is 6.09. The lowest BCUT2D eigenvalue weighted by Gasteiger charge is -2.13. The number of aromatic nitrogens is 3. The first-order chi connectivity index (χ1) is 17.7. The molecule has 2 aliphatic heterocycles. The Morgan fingerprint density at radius 1 is 0.778 bits per heavy atom. The van der Waals surface area contributed by atoms with Crippen molar-refractivity contribution in [1.82, 2.24) is 14.5 Å². The smallest absolute Gasteiger partial charge is 0.234 e. The fraction of sp³-hybridized carbons (Fsp3) is 0.0968. The number of aryl methyl sites for hydroxylation is 2. The second-order valence-electron chi connectivity index (χ2n) is 9.18. The van der Waals surface area contributed by atoms with Gasteiger partial charge in [0.25, 0.3) is 0 Å². The topological polar surface area (TPSA) is 60.2 Å². The molecule has 0 fully saturated rings. The number of rotatable bonds is 0. The maximum absolute atomic E-state index is 11.1. The zero-order valence-electron chi connectivity index (χ0n) is 19.6. The van der Waals surface area contributed by atoms with Crippen molar-refractivity contribution in [2.45, 2.75) is 19.3 Å². The highest BCUT2D eigenvalue weighted by Gasteiger charge is 2.17. The number of ether oxygens (including phenoxy) is 1. The summed E-state index contributed by atoms with van der Waals surface area (Å²) in [6.07, 6.45) is 4.65. The van der Waals surface area contributed by atoms with Crippen LogP contribution in [0, 0.1) is 0 Å². The van der Waals surface area contributed by atoms with Gasteiger partial charge in [-0.3, -0.25) is 4.57 Å². The van der Waals surface area contributed by atoms with Gasteiger partial charge in [0.05, 0.1) is 11.0 Å². The van der Waals surface area contributed by atoms with Crippen LogP contribution in [0.5, 0.6) is 17.2 Å². The van der Waals surface area contributed by atoms with Gasteiger partial charge in [-0.2, -0.15) is 0 Å². The molecule has 36 heavy (non-hydrogen) atoms. The Bertz CT molecular complexity index is 1750. The van der Waals surface area contributed by atoms with Crippen molar-refractivity contribution in [3.05, 3.63) is 108 Å². The number of hydrogen-bond donors (Lipinski definition) is 1. The predicted molar refractivity (Wildman–Crippen MR) is 142 cm³/mol. The van der Waals surface area contributed by atoms with E-state index in [1.54, 1.807) is 6.07 Å². The summed E-state index contributed by atoms with van der Waals surface area (Å²) in [7, 11) is 0. The van der Waals surface area contributed by atoms with Crippen LogP contribution < -0.4 is 4.74 Å². The van der Waals surface area contributed by atoms with E-state index in [-0.39, 0.29) is 5.75 Å². The van der Waals surface area contributed by atoms with Gasteiger partial charge in [-0.25, -0.2) is 9.97 Å². The lowest BCUT2D eigenvalue weighted by molar-refractivity contribution is 0.413. The monoisotopic (exact) mass is 469 g/mol. The van der Waals surface area contributed by atoms with Crippen molar-refractivity contribution in [3.8, 4) is 34.3 Å². The normalized spacial score (nSPS) is 13.0. The minimum Gasteiger partial charge on any atom is -0.504 e. The van der Waals surface area contributed by atoms with Crippen molar-refractivity contribution in [1.29, 1.82) is 0 Å². The summed E-state index contributed by atoms with van der Waals surface area (Å²) in [5.74, 6) is 1.82. The summed E-state index contributed by atoms with van der Waals surface area (Å²) in [6.45, 7) is 0. The molecule has 5 heteroatoms. The fourth-order valence-electron chi connectivity index (χ4n) is 5.15. The highest BCUT2D eigenvalue weighted by Crippen LogP contribution is 2.41. The molecule has 0 radical (unpaired) electrons. The number of phenolic OH excluding ortho intramolecular Hbond substituents is 1. The number of phenols is 1. The van der Waals surface area contributed by atoms with Gasteiger partial charge in [0.1, 0.15) is 5.75 Å². The zero-order valence-corrected chi connectivity index (χ0v) is 19.6. The molecule has 5 nitrogen and oxygen atoms in total. The molecule has 0 atom stereocenters. The predicted octanol–water partition coefficient (Wildman–Crippen LogP) is 7.23. The molecule has 4 aromatic carbocycles. The number of hydrogen-bond acceptors (Lipinski definition) is 4. The lowest BCUT2D eigenvalue weighted by Crippen LogP contribution is -2.04. The molecule has 0 saturated heterocycles. The Hall–Kier alpha value is -4.64. The van der Waals surface area contributed by atoms with Crippen LogP contribution in [0.25, 0.3) is 38.9 Å². The van der Waals surface area contributed by atoms with E-state index in [1.165, 1.54) is 5.56 Å². The van der Waals surface area contributed by atoms with Crippen molar-refractivity contribution in [3.63, 3.8) is 0 Å². The Balaban J connectivity index is 1.47. The number of aromatic hydroxyl groups is 1. The minimum atomic E-state index is 0.128. The van der Waals surface area contributed by atoms with E-state index in [0.29, 0.717) is 17.4 Å². The van der Waals surface area contributed by atoms with Crippen molar-refractivity contribution in [2.24, 2.45) is 0 Å². The highest BCUT2D eigenvalue weighted by atomic mass is 16.5. The number of benzene rings is 4. The molecule has 8 bridgehead atoms. The Kier molecular flexibility index (Phi) is 4.74. The van der Waals surface area contributed by atoms with Crippen LogP contribution in [0.2, 0.25) is 0 Å². The van der Waals surface area contributed by atoms with Gasteiger partial charge in [0.15, 0.2) is 11.5 Å². The third kappa shape index (κ3) is 3.40. The quantitative estimate of drug-likeness (QED) is 0.255. The Labute approximate surface area is 208 Å². The Morgan fingerprint density at radius 2 is 1.64 bits per heavy atom. The van der Waals surface area contributed by atoms with E-state index >= 15 is 0 Å². The van der Waals surface area contributed by atoms with Crippen molar-refractivity contribution < 1.29 is 9.84 Å². The van der Waals surface area contributed by atoms with Crippen LogP contribution in [0.4, 0.5) is 0 Å². The maximum atomic E-state index is 11.1. The molecule has 0 spiro atoms. The van der Waals surface area contributed by atoms with Crippen LogP contribution in [0.15, 0.2) is 97.2 Å². The molecule has 0 unspecified atom stereocenters. The van der Waals surface area contributed by atoms with Crippen LogP contribution in [-0.2, 0) is 12.8 Å². The lowest BCUT2D eigenvalue weighted by atomic mass is 10.0. The summed E-state index contributed by atoms with van der Waals surface area (Å²) in [5, 5.41) is 13.3. The number of nitrogens with zero attached hydrogens (tertiary/aromatic N) is 3. The van der Waals surface area contributed by atoms with E-state index in [4.69, 9.17) is 9.72 Å². The van der Waals surface area contributed by atoms with E-state index in [0.717, 1.165) is 57.9 Å². The molecular formula is C31H23N3O2. The maximum Gasteiger partial charge on any atom is 0.234 e. The van der Waals surface area contributed by atoms with Crippen LogP contribution in [-0.4, -0.2) is 19.6 Å². The Morgan fingerprint density at radius 3 is 2.56 bits per heavy atom. The summed E-state index contributed by atoms with van der Waals surface area (Å²) in [5.41, 5.74) is 5.99. The van der Waals surface area contributed by atoms with Gasteiger partial charge in [-0.15, -0.1) is 0 Å². The molecule has 0 aliphatic carbocycles. The first-order valence-corrected chi connectivity index (χ1v) is 12.2. The van der Waals surface area contributed by atoms with Crippen LogP contribution in [0.3, 0.4) is 0 Å². The van der Waals surface area contributed by atoms with E-state index in [9.17, 15) is 5.11 Å². The van der Waals surface area contributed by atoms with Gasteiger partial charge >= 0.3 is 0 Å². The molecule has 2 aliphatic rings. The molecule has 8 rings (SSSR count). The number of fused-ring (bicyclic) bond motifs is 6. The van der Waals surface area contributed by atoms with Crippen LogP contribution >= 0.6 is 0 Å². The van der Waals surface area contributed by atoms with Gasteiger partial charge in [0, 0.05) is 34.3 Å². The van der Waals surface area contributed by atoms with Crippen molar-refractivity contribution in [2.75, 3.05) is 0 Å². The molecule has 174 valence electrons. The molecule has 2 aromatic heterocycles. The summed E-state index contributed by atoms with van der Waals surface area (Å²) in [4.78, 5) is 9.61. The molecular weight excluding hydrogens is 446 g/mol. The first-order valence-electron chi connectivity index (χ1n) is 12.2. The van der Waals surface area contributed by atoms with Crippen LogP contribution in [0.1, 0.15) is 17.7 Å². The third-order valence-corrected chi connectivity index (χ3v) is 6.94. The van der Waals surface area contributed by atoms with Gasteiger partial charge in [-0.05, 0) is 60.7 Å². The number of para-hydroxylation sites is 2. The molecule has 0 amide bonds. The SMILES string of the molecule is Oc1c2cccc1-c1ccc(cc1)CCCc1ccnc(n1)-n1c3ccccc3c3ccc(cc31)O2. The average Bonchev–Trinajstić information content (AvgIpc) is 3.24. The summed E-state index contributed by atoms with van der Waals surface area (Å²) in [6, 6.07) is 30.3. The molecule has 1 N–H and O–H groups in total. The fourth-order valence-corrected chi connectivity index (χ4v) is 5.15. The van der Waals surface area contributed by atoms with Gasteiger partial charge in [0.2, 0.25) is 5.95 Å². The average molecular weight is 470 g/mol. The first kappa shape index (κ1) is 20.7. The van der Waals surface area contributed by atoms with Gasteiger partial charge < -0.3 is 9.84 Å². The molecule has 0 saturated carbocycles. The third-order valence-electron chi connectivity index (χ3n) is 6.94. The summed E-state index contributed by atoms with van der Waals surface area (Å²) >= 11 is 0. The van der Waals surface area contributed by atoms with E-state index in [2.05, 4.69) is 52.0 Å². The zero-order chi connectivity index (χ0) is 24.1. The van der Waals surface area contributed by atoms with E-state index in [1.807, 2.05) is 48.7 Å². The molecule has 4 heterocycles. The molecule has 6 aromatic rings. The largest absolute Gasteiger partial charge is 0.504 e.